The number of nitrogens with one attached hydrogen (secondary N) is 4. The minimum absolute atomic E-state index is 0.0142. The number of amides is 2. The molecule has 186 valence electrons. The smallest absolute Gasteiger partial charge is 0.305 e. The number of hydrogen-bond donors (Lipinski definition) is 6. The summed E-state index contributed by atoms with van der Waals surface area (Å²) in [6.45, 7) is -0.271. The first-order valence-corrected chi connectivity index (χ1v) is 11.6. The van der Waals surface area contributed by atoms with Crippen LogP contribution >= 0.6 is 27.5 Å². The summed E-state index contributed by atoms with van der Waals surface area (Å²) in [6, 6.07) is 8.19. The predicted molar refractivity (Wildman–Crippen MR) is 132 cm³/mol. The van der Waals surface area contributed by atoms with E-state index in [1.165, 1.54) is 18.2 Å². The van der Waals surface area contributed by atoms with Gasteiger partial charge in [-0.05, 0) is 30.3 Å². The third-order valence-corrected chi connectivity index (χ3v) is 5.63. The summed E-state index contributed by atoms with van der Waals surface area (Å²) in [5, 5.41) is 30.2. The van der Waals surface area contributed by atoms with Crippen LogP contribution in [0.25, 0.3) is 0 Å². The van der Waals surface area contributed by atoms with Gasteiger partial charge in [0.25, 0.3) is 5.91 Å². The van der Waals surface area contributed by atoms with Gasteiger partial charge < -0.3 is 31.5 Å². The molecule has 2 atom stereocenters. The number of halogens is 3. The molecule has 2 amide bonds. The monoisotopic (exact) mass is 569 g/mol. The van der Waals surface area contributed by atoms with E-state index in [-0.39, 0.29) is 35.0 Å². The molecular weight excluding hydrogens is 549 g/mol. The van der Waals surface area contributed by atoms with Gasteiger partial charge in [0.2, 0.25) is 5.91 Å². The molecule has 1 heterocycles. The highest BCUT2D eigenvalue weighted by molar-refractivity contribution is 9.10. The zero-order valence-corrected chi connectivity index (χ0v) is 20.5. The van der Waals surface area contributed by atoms with Crippen LogP contribution < -0.4 is 21.3 Å². The molecule has 35 heavy (non-hydrogen) atoms. The predicted octanol–water partition coefficient (Wildman–Crippen LogP) is 2.58. The van der Waals surface area contributed by atoms with E-state index in [0.29, 0.717) is 16.1 Å². The van der Waals surface area contributed by atoms with Crippen molar-refractivity contribution in [2.75, 3.05) is 25.0 Å². The van der Waals surface area contributed by atoms with Crippen molar-refractivity contribution in [3.63, 3.8) is 0 Å². The van der Waals surface area contributed by atoms with Crippen LogP contribution in [0.4, 0.5) is 10.1 Å². The number of phenols is 1. The van der Waals surface area contributed by atoms with Crippen LogP contribution in [0.2, 0.25) is 5.02 Å². The van der Waals surface area contributed by atoms with Gasteiger partial charge in [-0.2, -0.15) is 0 Å². The fourth-order valence-electron chi connectivity index (χ4n) is 3.25. The highest BCUT2D eigenvalue weighted by Crippen LogP contribution is 2.36. The SMILES string of the molecule is O=C(O)C[C@@H](NC(=O)CNC(=O)c1cccc(NC2=NCC(F)CN2)c1)c1cc(Br)cc(Cl)c1O. The summed E-state index contributed by atoms with van der Waals surface area (Å²) in [5.41, 5.74) is 0.902. The molecular formula is C22H22BrClFN5O5. The van der Waals surface area contributed by atoms with Crippen LogP contribution in [-0.4, -0.2) is 59.8 Å². The van der Waals surface area contributed by atoms with E-state index in [1.807, 2.05) is 0 Å². The lowest BCUT2D eigenvalue weighted by atomic mass is 10.0. The third-order valence-electron chi connectivity index (χ3n) is 4.88. The molecule has 3 rings (SSSR count). The summed E-state index contributed by atoms with van der Waals surface area (Å²) in [6.07, 6.45) is -1.57. The number of carboxylic acid groups (broad SMARTS) is 1. The van der Waals surface area contributed by atoms with E-state index in [9.17, 15) is 29.0 Å². The average molecular weight is 571 g/mol. The van der Waals surface area contributed by atoms with Crippen molar-refractivity contribution >= 4 is 57.0 Å². The van der Waals surface area contributed by atoms with Crippen LogP contribution in [0.15, 0.2) is 45.9 Å². The van der Waals surface area contributed by atoms with Crippen molar-refractivity contribution in [2.45, 2.75) is 18.6 Å². The first-order valence-electron chi connectivity index (χ1n) is 10.4. The maximum absolute atomic E-state index is 13.2. The molecule has 1 unspecified atom stereocenters. The molecule has 0 saturated heterocycles. The second kappa shape index (κ2) is 11.8. The van der Waals surface area contributed by atoms with Crippen LogP contribution in [-0.2, 0) is 9.59 Å². The van der Waals surface area contributed by atoms with Gasteiger partial charge in [0.15, 0.2) is 5.96 Å². The molecule has 2 aromatic rings. The van der Waals surface area contributed by atoms with Crippen molar-refractivity contribution in [3.05, 3.63) is 57.0 Å². The van der Waals surface area contributed by atoms with Crippen LogP contribution in [0, 0.1) is 0 Å². The highest BCUT2D eigenvalue weighted by Gasteiger charge is 2.23. The molecule has 13 heteroatoms. The number of aliphatic imine (C=N–C) groups is 1. The third kappa shape index (κ3) is 7.55. The number of hydrogen-bond acceptors (Lipinski definition) is 7. The maximum atomic E-state index is 13.2. The Labute approximate surface area is 213 Å². The van der Waals surface area contributed by atoms with Crippen molar-refractivity contribution in [1.29, 1.82) is 0 Å². The summed E-state index contributed by atoms with van der Waals surface area (Å²) in [4.78, 5) is 40.3. The molecule has 2 aromatic carbocycles. The minimum Gasteiger partial charge on any atom is -0.506 e. The van der Waals surface area contributed by atoms with Crippen molar-refractivity contribution < 1.29 is 29.0 Å². The number of anilines is 1. The lowest BCUT2D eigenvalue weighted by molar-refractivity contribution is -0.137. The van der Waals surface area contributed by atoms with Crippen LogP contribution in [0.5, 0.6) is 5.75 Å². The van der Waals surface area contributed by atoms with Gasteiger partial charge in [-0.25, -0.2) is 9.38 Å². The summed E-state index contributed by atoms with van der Waals surface area (Å²) in [7, 11) is 0. The number of carbonyl (C=O) groups is 3. The topological polar surface area (TPSA) is 152 Å². The standard InChI is InChI=1S/C22H22BrClFN5O5/c23-12-5-15(20(34)16(24)6-12)17(7-19(32)33)30-18(31)10-26-21(35)11-2-1-3-14(4-11)29-22-27-8-13(25)9-28-22/h1-6,13,17,34H,7-10H2,(H,26,35)(H,30,31)(H,32,33)(H2,27,28,29)/t17-/m1/s1. The molecule has 0 fully saturated rings. The van der Waals surface area contributed by atoms with E-state index in [4.69, 9.17) is 11.6 Å². The Bertz CT molecular complexity index is 1170. The molecule has 0 bridgehead atoms. The zero-order chi connectivity index (χ0) is 25.5. The fraction of sp³-hybridized carbons (Fsp3) is 0.273. The molecule has 0 spiro atoms. The van der Waals surface area contributed by atoms with E-state index >= 15 is 0 Å². The van der Waals surface area contributed by atoms with Crippen molar-refractivity contribution in [2.24, 2.45) is 4.99 Å². The van der Waals surface area contributed by atoms with Crippen LogP contribution in [0.3, 0.4) is 0 Å². The Morgan fingerprint density at radius 1 is 1.29 bits per heavy atom. The number of benzene rings is 2. The number of aliphatic carboxylic acids is 1. The lowest BCUT2D eigenvalue weighted by Gasteiger charge is -2.20. The molecule has 0 radical (unpaired) electrons. The van der Waals surface area contributed by atoms with E-state index < -0.39 is 43.0 Å². The molecule has 0 aromatic heterocycles. The van der Waals surface area contributed by atoms with Gasteiger partial charge in [0, 0.05) is 21.3 Å². The number of carboxylic acids is 1. The number of alkyl halides is 1. The Morgan fingerprint density at radius 2 is 2.06 bits per heavy atom. The average Bonchev–Trinajstić information content (AvgIpc) is 2.81. The Balaban J connectivity index is 1.62. The minimum atomic E-state index is -1.21. The number of guanidine groups is 1. The largest absolute Gasteiger partial charge is 0.506 e. The summed E-state index contributed by atoms with van der Waals surface area (Å²) in [5.74, 6) is -2.39. The van der Waals surface area contributed by atoms with Crippen LogP contribution in [0.1, 0.15) is 28.4 Å². The Kier molecular flexibility index (Phi) is 8.88. The van der Waals surface area contributed by atoms with Gasteiger partial charge in [-0.3, -0.25) is 14.4 Å². The number of carbonyl (C=O) groups excluding carboxylic acids is 2. The van der Waals surface area contributed by atoms with E-state index in [1.54, 1.807) is 18.2 Å². The number of aromatic hydroxyl groups is 1. The number of rotatable bonds is 8. The van der Waals surface area contributed by atoms with E-state index in [2.05, 4.69) is 42.2 Å². The van der Waals surface area contributed by atoms with E-state index in [0.717, 1.165) is 0 Å². The highest BCUT2D eigenvalue weighted by atomic mass is 79.9. The summed E-state index contributed by atoms with van der Waals surface area (Å²) >= 11 is 9.17. The van der Waals surface area contributed by atoms with Crippen molar-refractivity contribution in [3.8, 4) is 5.75 Å². The van der Waals surface area contributed by atoms with Gasteiger partial charge in [0.1, 0.15) is 11.9 Å². The van der Waals surface area contributed by atoms with Gasteiger partial charge >= 0.3 is 5.97 Å². The molecule has 1 aliphatic heterocycles. The number of nitrogens with zero attached hydrogens (tertiary/aromatic N) is 1. The maximum Gasteiger partial charge on any atom is 0.305 e. The Hall–Kier alpha value is -3.38. The van der Waals surface area contributed by atoms with Gasteiger partial charge in [-0.15, -0.1) is 0 Å². The molecule has 0 saturated carbocycles. The normalized spacial score (nSPS) is 15.9. The van der Waals surface area contributed by atoms with Crippen molar-refractivity contribution in [1.82, 2.24) is 16.0 Å². The molecule has 0 aliphatic carbocycles. The molecule has 6 N–H and O–H groups in total. The Morgan fingerprint density at radius 3 is 2.74 bits per heavy atom. The molecule has 1 aliphatic rings. The second-order valence-electron chi connectivity index (χ2n) is 7.60. The quantitative estimate of drug-likeness (QED) is 0.285. The fourth-order valence-corrected chi connectivity index (χ4v) is 4.08. The molecule has 10 nitrogen and oxygen atoms in total. The van der Waals surface area contributed by atoms with Gasteiger partial charge in [0.05, 0.1) is 37.1 Å². The number of phenolic OH excluding ortho intramolecular Hbond substituents is 1. The summed E-state index contributed by atoms with van der Waals surface area (Å²) < 4.78 is 13.7. The first kappa shape index (κ1) is 26.2. The first-order chi connectivity index (χ1) is 16.6. The lowest BCUT2D eigenvalue weighted by Crippen LogP contribution is -2.41. The van der Waals surface area contributed by atoms with Gasteiger partial charge in [-0.1, -0.05) is 33.6 Å². The zero-order valence-electron chi connectivity index (χ0n) is 18.1. The second-order valence-corrected chi connectivity index (χ2v) is 8.92.